The summed E-state index contributed by atoms with van der Waals surface area (Å²) in [7, 11) is 0. The van der Waals surface area contributed by atoms with Gasteiger partial charge in [-0.3, -0.25) is 4.79 Å². The first-order valence-electron chi connectivity index (χ1n) is 8.32. The van der Waals surface area contributed by atoms with Gasteiger partial charge in [0.2, 0.25) is 11.1 Å². The number of benzene rings is 1. The molecular formula is C16H20FN7OS. The van der Waals surface area contributed by atoms with Gasteiger partial charge in [-0.1, -0.05) is 24.2 Å². The number of aromatic nitrogens is 3. The minimum Gasteiger partial charge on any atom is -0.334 e. The number of halogens is 1. The number of anilines is 2. The van der Waals surface area contributed by atoms with Crippen LogP contribution in [-0.2, 0) is 4.79 Å². The topological polar surface area (TPSA) is 110 Å². The molecule has 1 aliphatic rings. The normalized spacial score (nSPS) is 14.1. The number of nitrogens with one attached hydrogen (secondary N) is 2. The molecule has 3 rings (SSSR count). The van der Waals surface area contributed by atoms with Crippen LogP contribution < -0.4 is 16.6 Å². The van der Waals surface area contributed by atoms with Crippen LogP contribution in [0.15, 0.2) is 34.5 Å². The Morgan fingerprint density at radius 3 is 2.88 bits per heavy atom. The lowest BCUT2D eigenvalue weighted by atomic mass is 9.99. The van der Waals surface area contributed by atoms with Gasteiger partial charge in [-0.05, 0) is 43.9 Å². The number of hydrogen-bond acceptors (Lipinski definition) is 7. The number of amides is 1. The molecule has 0 bridgehead atoms. The fourth-order valence-electron chi connectivity index (χ4n) is 2.55. The number of nitrogen functional groups attached to an aromatic ring is 1. The molecular weight excluding hydrogens is 357 g/mol. The second kappa shape index (κ2) is 8.65. The summed E-state index contributed by atoms with van der Waals surface area (Å²) in [5.74, 6) is 5.62. The lowest BCUT2D eigenvalue weighted by molar-refractivity contribution is -0.113. The van der Waals surface area contributed by atoms with Gasteiger partial charge in [-0.25, -0.2) is 14.5 Å². The van der Waals surface area contributed by atoms with E-state index in [0.717, 1.165) is 43.2 Å². The van der Waals surface area contributed by atoms with Crippen molar-refractivity contribution in [2.75, 3.05) is 22.3 Å². The molecule has 1 aromatic heterocycles. The standard InChI is InChI=1S/C16H20FN7OS/c17-11-5-4-8-13(9-11)19-14(25)10-26-16-23-22-15(24(16)18)21-20-12-6-2-1-3-7-12/h4-5,8-9H,1-3,6-7,10,18H2,(H,19,25)(H,21,22). The zero-order valence-corrected chi connectivity index (χ0v) is 14.9. The van der Waals surface area contributed by atoms with E-state index in [-0.39, 0.29) is 11.7 Å². The van der Waals surface area contributed by atoms with Gasteiger partial charge in [0.25, 0.3) is 5.95 Å². The molecule has 0 saturated heterocycles. The van der Waals surface area contributed by atoms with Crippen LogP contribution in [0.4, 0.5) is 16.0 Å². The molecule has 10 heteroatoms. The quantitative estimate of drug-likeness (QED) is 0.405. The van der Waals surface area contributed by atoms with Crippen LogP contribution in [0.1, 0.15) is 32.1 Å². The molecule has 0 aliphatic heterocycles. The van der Waals surface area contributed by atoms with E-state index < -0.39 is 5.82 Å². The van der Waals surface area contributed by atoms with Crippen molar-refractivity contribution in [2.24, 2.45) is 5.10 Å². The van der Waals surface area contributed by atoms with E-state index in [0.29, 0.717) is 16.8 Å². The highest BCUT2D eigenvalue weighted by molar-refractivity contribution is 7.99. The first-order valence-corrected chi connectivity index (χ1v) is 9.30. The number of nitrogens with two attached hydrogens (primary N) is 1. The van der Waals surface area contributed by atoms with Crippen molar-refractivity contribution in [1.82, 2.24) is 14.9 Å². The summed E-state index contributed by atoms with van der Waals surface area (Å²) in [5, 5.41) is 15.2. The minimum absolute atomic E-state index is 0.0698. The van der Waals surface area contributed by atoms with Crippen LogP contribution in [-0.4, -0.2) is 32.2 Å². The van der Waals surface area contributed by atoms with Crippen molar-refractivity contribution < 1.29 is 9.18 Å². The van der Waals surface area contributed by atoms with Crippen LogP contribution >= 0.6 is 11.8 Å². The van der Waals surface area contributed by atoms with Gasteiger partial charge >= 0.3 is 0 Å². The van der Waals surface area contributed by atoms with Crippen molar-refractivity contribution in [3.8, 4) is 0 Å². The van der Waals surface area contributed by atoms with Crippen LogP contribution in [0.5, 0.6) is 0 Å². The highest BCUT2D eigenvalue weighted by Crippen LogP contribution is 2.19. The van der Waals surface area contributed by atoms with Crippen LogP contribution in [0.25, 0.3) is 0 Å². The molecule has 0 atom stereocenters. The molecule has 1 aliphatic carbocycles. The van der Waals surface area contributed by atoms with Gasteiger partial charge < -0.3 is 11.2 Å². The number of hydrazone groups is 1. The van der Waals surface area contributed by atoms with Gasteiger partial charge in [0, 0.05) is 11.4 Å². The van der Waals surface area contributed by atoms with E-state index in [1.807, 2.05) is 0 Å². The second-order valence-electron chi connectivity index (χ2n) is 5.87. The zero-order chi connectivity index (χ0) is 18.4. The molecule has 0 unspecified atom stereocenters. The average Bonchev–Trinajstić information content (AvgIpc) is 2.99. The summed E-state index contributed by atoms with van der Waals surface area (Å²) in [6, 6.07) is 5.71. The third-order valence-electron chi connectivity index (χ3n) is 3.85. The minimum atomic E-state index is -0.410. The molecule has 1 fully saturated rings. The number of hydrogen-bond donors (Lipinski definition) is 3. The van der Waals surface area contributed by atoms with Crippen molar-refractivity contribution in [2.45, 2.75) is 37.3 Å². The average molecular weight is 377 g/mol. The van der Waals surface area contributed by atoms with Gasteiger partial charge in [-0.2, -0.15) is 5.10 Å². The first kappa shape index (κ1) is 18.2. The van der Waals surface area contributed by atoms with Gasteiger partial charge in [0.15, 0.2) is 0 Å². The summed E-state index contributed by atoms with van der Waals surface area (Å²) in [4.78, 5) is 12.0. The largest absolute Gasteiger partial charge is 0.334 e. The molecule has 1 amide bonds. The number of rotatable bonds is 6. The van der Waals surface area contributed by atoms with Crippen LogP contribution in [0.2, 0.25) is 0 Å². The lowest BCUT2D eigenvalue weighted by Gasteiger charge is -2.12. The monoisotopic (exact) mass is 377 g/mol. The van der Waals surface area contributed by atoms with Gasteiger partial charge in [-0.15, -0.1) is 10.2 Å². The van der Waals surface area contributed by atoms with Crippen LogP contribution in [0.3, 0.4) is 0 Å². The Hall–Kier alpha value is -2.62. The summed E-state index contributed by atoms with van der Waals surface area (Å²) in [5.41, 5.74) is 4.33. The molecule has 8 nitrogen and oxygen atoms in total. The van der Waals surface area contributed by atoms with Gasteiger partial charge in [0.1, 0.15) is 5.82 Å². The first-order chi connectivity index (χ1) is 12.6. The van der Waals surface area contributed by atoms with E-state index >= 15 is 0 Å². The molecule has 0 spiro atoms. The fraction of sp³-hybridized carbons (Fsp3) is 0.375. The third kappa shape index (κ3) is 4.94. The maximum absolute atomic E-state index is 13.1. The molecule has 138 valence electrons. The predicted octanol–water partition coefficient (Wildman–Crippen LogP) is 2.59. The van der Waals surface area contributed by atoms with Crippen molar-refractivity contribution in [1.29, 1.82) is 0 Å². The summed E-state index contributed by atoms with van der Waals surface area (Å²) in [6.07, 6.45) is 5.50. The Labute approximate surface area is 154 Å². The zero-order valence-electron chi connectivity index (χ0n) is 14.1. The highest BCUT2D eigenvalue weighted by Gasteiger charge is 2.13. The maximum atomic E-state index is 13.1. The van der Waals surface area contributed by atoms with Crippen molar-refractivity contribution in [3.05, 3.63) is 30.1 Å². The summed E-state index contributed by atoms with van der Waals surface area (Å²) >= 11 is 1.13. The van der Waals surface area contributed by atoms with E-state index in [2.05, 4.69) is 26.0 Å². The van der Waals surface area contributed by atoms with E-state index in [1.165, 1.54) is 29.3 Å². The third-order valence-corrected chi connectivity index (χ3v) is 4.79. The number of thioether (sulfide) groups is 1. The Morgan fingerprint density at radius 2 is 2.12 bits per heavy atom. The van der Waals surface area contributed by atoms with Crippen LogP contribution in [0, 0.1) is 5.82 Å². The molecule has 2 aromatic rings. The lowest BCUT2D eigenvalue weighted by Crippen LogP contribution is -2.17. The van der Waals surface area contributed by atoms with Gasteiger partial charge in [0.05, 0.1) is 5.75 Å². The Bertz CT molecular complexity index is 800. The molecule has 0 radical (unpaired) electrons. The van der Waals surface area contributed by atoms with E-state index in [9.17, 15) is 9.18 Å². The SMILES string of the molecule is Nn1c(NN=C2CCCCC2)nnc1SCC(=O)Nc1cccc(F)c1. The molecule has 4 N–H and O–H groups in total. The molecule has 26 heavy (non-hydrogen) atoms. The summed E-state index contributed by atoms with van der Waals surface area (Å²) in [6.45, 7) is 0. The Morgan fingerprint density at radius 1 is 1.31 bits per heavy atom. The molecule has 1 heterocycles. The van der Waals surface area contributed by atoms with Crippen molar-refractivity contribution in [3.63, 3.8) is 0 Å². The molecule has 1 saturated carbocycles. The maximum Gasteiger partial charge on any atom is 0.264 e. The Balaban J connectivity index is 1.52. The fourth-order valence-corrected chi connectivity index (χ4v) is 3.20. The number of carbonyl (C=O) groups excluding carboxylic acids is 1. The smallest absolute Gasteiger partial charge is 0.264 e. The summed E-state index contributed by atoms with van der Waals surface area (Å²) < 4.78 is 14.4. The van der Waals surface area contributed by atoms with E-state index in [4.69, 9.17) is 5.84 Å². The highest BCUT2D eigenvalue weighted by atomic mass is 32.2. The van der Waals surface area contributed by atoms with Crippen molar-refractivity contribution >= 4 is 35.0 Å². The Kier molecular flexibility index (Phi) is 6.05. The number of carbonyl (C=O) groups is 1. The van der Waals surface area contributed by atoms with E-state index in [1.54, 1.807) is 6.07 Å². The predicted molar refractivity (Wildman–Crippen MR) is 100 cm³/mol. The number of nitrogens with zero attached hydrogens (tertiary/aromatic N) is 4. The molecule has 1 aromatic carbocycles. The second-order valence-corrected chi connectivity index (χ2v) is 6.82.